The van der Waals surface area contributed by atoms with E-state index in [1.54, 1.807) is 6.07 Å². The summed E-state index contributed by atoms with van der Waals surface area (Å²) in [6.45, 7) is 0.817. The van der Waals surface area contributed by atoms with Crippen molar-refractivity contribution in [3.05, 3.63) is 24.0 Å². The lowest BCUT2D eigenvalue weighted by Gasteiger charge is -2.13. The fourth-order valence-corrected chi connectivity index (χ4v) is 4.50. The summed E-state index contributed by atoms with van der Waals surface area (Å²) in [4.78, 5) is 15.2. The average Bonchev–Trinajstić information content (AvgIpc) is 3.05. The molecule has 0 bridgehead atoms. The number of nitrogens with zero attached hydrogens (tertiary/aromatic N) is 2. The van der Waals surface area contributed by atoms with E-state index in [-0.39, 0.29) is 11.6 Å². The zero-order valence-corrected chi connectivity index (χ0v) is 12.9. The van der Waals surface area contributed by atoms with Crippen LogP contribution in [0.15, 0.2) is 23.4 Å². The molecule has 0 aliphatic carbocycles. The van der Waals surface area contributed by atoms with Crippen LogP contribution in [-0.2, 0) is 11.3 Å². The Kier molecular flexibility index (Phi) is 4.40. The van der Waals surface area contributed by atoms with E-state index < -0.39 is 5.97 Å². The smallest absolute Gasteiger partial charge is 0.313 e. The van der Waals surface area contributed by atoms with Gasteiger partial charge in [-0.25, -0.2) is 9.37 Å². The topological polar surface area (TPSA) is 55.1 Å². The summed E-state index contributed by atoms with van der Waals surface area (Å²) in [7, 11) is 0. The predicted octanol–water partition coefficient (Wildman–Crippen LogP) is 3.11. The molecule has 2 aromatic rings. The molecule has 112 valence electrons. The number of carboxylic acids is 1. The number of aliphatic carboxylic acids is 1. The number of benzene rings is 1. The highest BCUT2D eigenvalue weighted by Gasteiger charge is 2.20. The normalized spacial score (nSPS) is 18.4. The number of aromatic nitrogens is 2. The molecule has 1 aliphatic heterocycles. The summed E-state index contributed by atoms with van der Waals surface area (Å²) >= 11 is 3.13. The van der Waals surface area contributed by atoms with Crippen molar-refractivity contribution in [2.45, 2.75) is 18.1 Å². The zero-order chi connectivity index (χ0) is 14.8. The standard InChI is InChI=1S/C14H15FN2O2S2/c15-10-1-2-12-11(5-10)16-14(21-8-13(18)19)17(12)6-9-3-4-20-7-9/h1-2,5,9H,3-4,6-8H2,(H,18,19). The van der Waals surface area contributed by atoms with Crippen molar-refractivity contribution in [2.24, 2.45) is 5.92 Å². The second-order valence-electron chi connectivity index (χ2n) is 5.05. The molecule has 1 fully saturated rings. The summed E-state index contributed by atoms with van der Waals surface area (Å²) in [5.74, 6) is 1.62. The van der Waals surface area contributed by atoms with Gasteiger partial charge in [-0.3, -0.25) is 4.79 Å². The van der Waals surface area contributed by atoms with E-state index in [4.69, 9.17) is 5.11 Å². The monoisotopic (exact) mass is 326 g/mol. The number of thioether (sulfide) groups is 2. The van der Waals surface area contributed by atoms with E-state index in [2.05, 4.69) is 4.98 Å². The molecule has 4 nitrogen and oxygen atoms in total. The maximum Gasteiger partial charge on any atom is 0.313 e. The maximum atomic E-state index is 13.3. The molecular formula is C14H15FN2O2S2. The first-order valence-corrected chi connectivity index (χ1v) is 8.85. The second kappa shape index (κ2) is 6.27. The first kappa shape index (κ1) is 14.7. The molecule has 1 aromatic carbocycles. The highest BCUT2D eigenvalue weighted by Crippen LogP contribution is 2.30. The van der Waals surface area contributed by atoms with Gasteiger partial charge in [-0.05, 0) is 36.0 Å². The lowest BCUT2D eigenvalue weighted by atomic mass is 10.1. The fraction of sp³-hybridized carbons (Fsp3) is 0.429. The van der Waals surface area contributed by atoms with Crippen LogP contribution >= 0.6 is 23.5 Å². The number of hydrogen-bond acceptors (Lipinski definition) is 4. The van der Waals surface area contributed by atoms with Gasteiger partial charge in [0, 0.05) is 12.6 Å². The van der Waals surface area contributed by atoms with Crippen LogP contribution in [0, 0.1) is 11.7 Å². The molecule has 3 rings (SSSR count). The molecule has 0 radical (unpaired) electrons. The first-order chi connectivity index (χ1) is 10.1. The predicted molar refractivity (Wildman–Crippen MR) is 83.5 cm³/mol. The number of fused-ring (bicyclic) bond motifs is 1. The largest absolute Gasteiger partial charge is 0.481 e. The van der Waals surface area contributed by atoms with Gasteiger partial charge < -0.3 is 9.67 Å². The average molecular weight is 326 g/mol. The van der Waals surface area contributed by atoms with Crippen molar-refractivity contribution in [3.63, 3.8) is 0 Å². The summed E-state index contributed by atoms with van der Waals surface area (Å²) < 4.78 is 15.4. The summed E-state index contributed by atoms with van der Waals surface area (Å²) in [5, 5.41) is 9.51. The SMILES string of the molecule is O=C(O)CSc1nc2cc(F)ccc2n1CC1CCSC1. The van der Waals surface area contributed by atoms with Crippen LogP contribution in [0.1, 0.15) is 6.42 Å². The van der Waals surface area contributed by atoms with Crippen molar-refractivity contribution in [2.75, 3.05) is 17.3 Å². The van der Waals surface area contributed by atoms with Crippen LogP contribution in [0.4, 0.5) is 4.39 Å². The lowest BCUT2D eigenvalue weighted by Crippen LogP contribution is -2.11. The first-order valence-electron chi connectivity index (χ1n) is 6.71. The Bertz CT molecular complexity index is 668. The number of hydrogen-bond donors (Lipinski definition) is 1. The zero-order valence-electron chi connectivity index (χ0n) is 11.3. The van der Waals surface area contributed by atoms with Crippen LogP contribution in [-0.4, -0.2) is 37.9 Å². The third-order valence-corrected chi connectivity index (χ3v) is 5.66. The molecule has 0 saturated carbocycles. The van der Waals surface area contributed by atoms with E-state index >= 15 is 0 Å². The van der Waals surface area contributed by atoms with Gasteiger partial charge >= 0.3 is 5.97 Å². The summed E-state index contributed by atoms with van der Waals surface area (Å²) in [6, 6.07) is 4.56. The van der Waals surface area contributed by atoms with Gasteiger partial charge in [-0.1, -0.05) is 11.8 Å². The molecule has 2 heterocycles. The van der Waals surface area contributed by atoms with Gasteiger partial charge in [-0.15, -0.1) is 0 Å². The quantitative estimate of drug-likeness (QED) is 0.856. The Balaban J connectivity index is 1.95. The van der Waals surface area contributed by atoms with Gasteiger partial charge in [0.1, 0.15) is 5.82 Å². The Hall–Kier alpha value is -1.21. The lowest BCUT2D eigenvalue weighted by molar-refractivity contribution is -0.133. The molecule has 0 spiro atoms. The molecule has 7 heteroatoms. The van der Waals surface area contributed by atoms with Crippen molar-refractivity contribution in [1.29, 1.82) is 0 Å². The molecule has 1 aromatic heterocycles. The Labute approximate surface area is 130 Å². The highest BCUT2D eigenvalue weighted by molar-refractivity contribution is 7.99. The number of imidazole rings is 1. The molecule has 1 N–H and O–H groups in total. The van der Waals surface area contributed by atoms with E-state index in [1.807, 2.05) is 16.3 Å². The Morgan fingerprint density at radius 1 is 1.57 bits per heavy atom. The Morgan fingerprint density at radius 3 is 3.14 bits per heavy atom. The molecule has 0 amide bonds. The van der Waals surface area contributed by atoms with Gasteiger partial charge in [-0.2, -0.15) is 11.8 Å². The summed E-state index contributed by atoms with van der Waals surface area (Å²) in [5.41, 5.74) is 1.47. The van der Waals surface area contributed by atoms with Crippen molar-refractivity contribution in [3.8, 4) is 0 Å². The van der Waals surface area contributed by atoms with E-state index in [1.165, 1.54) is 29.6 Å². The van der Waals surface area contributed by atoms with Crippen LogP contribution in [0.2, 0.25) is 0 Å². The third-order valence-electron chi connectivity index (χ3n) is 3.46. The number of carbonyl (C=O) groups is 1. The van der Waals surface area contributed by atoms with Crippen molar-refractivity contribution < 1.29 is 14.3 Å². The third kappa shape index (κ3) is 3.35. The minimum absolute atomic E-state index is 0.0365. The van der Waals surface area contributed by atoms with Gasteiger partial charge in [0.2, 0.25) is 0 Å². The van der Waals surface area contributed by atoms with Crippen LogP contribution in [0.5, 0.6) is 0 Å². The van der Waals surface area contributed by atoms with Crippen molar-refractivity contribution >= 4 is 40.5 Å². The Morgan fingerprint density at radius 2 is 2.43 bits per heavy atom. The highest BCUT2D eigenvalue weighted by atomic mass is 32.2. The molecular weight excluding hydrogens is 311 g/mol. The van der Waals surface area contributed by atoms with E-state index in [0.29, 0.717) is 16.6 Å². The maximum absolute atomic E-state index is 13.3. The summed E-state index contributed by atoms with van der Waals surface area (Å²) in [6.07, 6.45) is 1.16. The van der Waals surface area contributed by atoms with Crippen LogP contribution < -0.4 is 0 Å². The molecule has 21 heavy (non-hydrogen) atoms. The van der Waals surface area contributed by atoms with E-state index in [9.17, 15) is 9.18 Å². The minimum atomic E-state index is -0.874. The molecule has 1 unspecified atom stereocenters. The van der Waals surface area contributed by atoms with Crippen LogP contribution in [0.3, 0.4) is 0 Å². The van der Waals surface area contributed by atoms with Gasteiger partial charge in [0.25, 0.3) is 0 Å². The van der Waals surface area contributed by atoms with Gasteiger partial charge in [0.15, 0.2) is 5.16 Å². The number of halogens is 1. The molecule has 1 saturated heterocycles. The second-order valence-corrected chi connectivity index (χ2v) is 7.14. The van der Waals surface area contributed by atoms with Gasteiger partial charge in [0.05, 0.1) is 16.8 Å². The fourth-order valence-electron chi connectivity index (χ4n) is 2.48. The minimum Gasteiger partial charge on any atom is -0.481 e. The van der Waals surface area contributed by atoms with Crippen LogP contribution in [0.25, 0.3) is 11.0 Å². The van der Waals surface area contributed by atoms with E-state index in [0.717, 1.165) is 24.2 Å². The number of rotatable bonds is 5. The number of carboxylic acid groups (broad SMARTS) is 1. The molecule has 1 atom stereocenters. The molecule has 1 aliphatic rings. The van der Waals surface area contributed by atoms with Crippen molar-refractivity contribution in [1.82, 2.24) is 9.55 Å².